The van der Waals surface area contributed by atoms with E-state index in [2.05, 4.69) is 5.32 Å². The van der Waals surface area contributed by atoms with Crippen LogP contribution in [0, 0.1) is 5.82 Å². The predicted octanol–water partition coefficient (Wildman–Crippen LogP) is 1.30. The Labute approximate surface area is 134 Å². The highest BCUT2D eigenvalue weighted by Crippen LogP contribution is 2.28. The van der Waals surface area contributed by atoms with Crippen LogP contribution in [0.15, 0.2) is 24.3 Å². The van der Waals surface area contributed by atoms with E-state index in [0.717, 1.165) is 12.8 Å². The minimum atomic E-state index is -0.770. The second-order valence-electron chi connectivity index (χ2n) is 5.86. The molecule has 0 aliphatic carbocycles. The van der Waals surface area contributed by atoms with Gasteiger partial charge >= 0.3 is 6.03 Å². The lowest BCUT2D eigenvalue weighted by molar-refractivity contribution is -0.134. The average Bonchev–Trinajstić information content (AvgIpc) is 2.94. The van der Waals surface area contributed by atoms with Gasteiger partial charge in [0.1, 0.15) is 11.9 Å². The molecule has 0 aromatic heterocycles. The van der Waals surface area contributed by atoms with Gasteiger partial charge in [0.05, 0.1) is 6.10 Å². The number of carbonyl (C=O) groups excluding carboxylic acids is 2. The normalized spacial score (nSPS) is 20.1. The van der Waals surface area contributed by atoms with Crippen LogP contribution in [0.5, 0.6) is 0 Å². The minimum Gasteiger partial charge on any atom is -0.388 e. The second kappa shape index (κ2) is 7.41. The molecule has 1 heterocycles. The lowest BCUT2D eigenvalue weighted by Crippen LogP contribution is -2.50. The molecule has 23 heavy (non-hydrogen) atoms. The maximum absolute atomic E-state index is 12.9. The number of hydrogen-bond acceptors (Lipinski definition) is 3. The fourth-order valence-electron chi connectivity index (χ4n) is 2.97. The molecular formula is C16H22FN3O3. The summed E-state index contributed by atoms with van der Waals surface area (Å²) in [6.07, 6.45) is 1.23. The number of nitrogens with one attached hydrogen (secondary N) is 1. The van der Waals surface area contributed by atoms with Crippen LogP contribution >= 0.6 is 0 Å². The number of rotatable bonds is 5. The molecule has 3 amide bonds. The molecule has 7 heteroatoms. The Morgan fingerprint density at radius 3 is 2.70 bits per heavy atom. The molecule has 6 nitrogen and oxygen atoms in total. The zero-order chi connectivity index (χ0) is 17.0. The number of likely N-dealkylation sites (tertiary alicyclic amines) is 1. The van der Waals surface area contributed by atoms with E-state index in [9.17, 15) is 19.1 Å². The van der Waals surface area contributed by atoms with Gasteiger partial charge in [0, 0.05) is 12.6 Å². The van der Waals surface area contributed by atoms with Gasteiger partial charge in [-0.05, 0) is 43.9 Å². The van der Waals surface area contributed by atoms with Crippen LogP contribution in [0.4, 0.5) is 9.18 Å². The molecule has 1 saturated heterocycles. The lowest BCUT2D eigenvalue weighted by atomic mass is 10.00. The quantitative estimate of drug-likeness (QED) is 0.762. The number of amides is 3. The molecule has 1 aromatic carbocycles. The summed E-state index contributed by atoms with van der Waals surface area (Å²) in [7, 11) is 0. The molecule has 126 valence electrons. The third kappa shape index (κ3) is 4.41. The molecule has 2 rings (SSSR count). The molecule has 0 saturated carbocycles. The summed E-state index contributed by atoms with van der Waals surface area (Å²) in [5.41, 5.74) is 5.66. The predicted molar refractivity (Wildman–Crippen MR) is 82.9 cm³/mol. The Morgan fingerprint density at radius 2 is 2.09 bits per heavy atom. The molecular weight excluding hydrogens is 301 g/mol. The Balaban J connectivity index is 1.99. The van der Waals surface area contributed by atoms with E-state index in [1.807, 2.05) is 0 Å². The van der Waals surface area contributed by atoms with Crippen molar-refractivity contribution in [3.63, 3.8) is 0 Å². The minimum absolute atomic E-state index is 0.111. The zero-order valence-electron chi connectivity index (χ0n) is 13.0. The van der Waals surface area contributed by atoms with Gasteiger partial charge in [0.25, 0.3) is 0 Å². The Morgan fingerprint density at radius 1 is 1.43 bits per heavy atom. The van der Waals surface area contributed by atoms with Crippen molar-refractivity contribution in [2.45, 2.75) is 44.4 Å². The third-order valence-corrected chi connectivity index (χ3v) is 4.14. The third-order valence-electron chi connectivity index (χ3n) is 4.14. The highest BCUT2D eigenvalue weighted by atomic mass is 19.1. The summed E-state index contributed by atoms with van der Waals surface area (Å²) in [5, 5.41) is 12.7. The van der Waals surface area contributed by atoms with Gasteiger partial charge in [-0.2, -0.15) is 0 Å². The SMILES string of the molecule is C[C@H](NC(N)=O)C(=O)N1CCC[C@H]1C[C@H](O)c1ccc(F)cc1. The maximum Gasteiger partial charge on any atom is 0.312 e. The highest BCUT2D eigenvalue weighted by Gasteiger charge is 2.33. The van der Waals surface area contributed by atoms with E-state index in [4.69, 9.17) is 5.73 Å². The van der Waals surface area contributed by atoms with Crippen LogP contribution in [-0.2, 0) is 4.79 Å². The standard InChI is InChI=1S/C16H22FN3O3/c1-10(19-16(18)23)15(22)20-8-2-3-13(20)9-14(21)11-4-6-12(17)7-5-11/h4-7,10,13-14,21H,2-3,8-9H2,1H3,(H3,18,19,23)/t10-,13-,14-/m0/s1. The van der Waals surface area contributed by atoms with Gasteiger partial charge in [-0.15, -0.1) is 0 Å². The van der Waals surface area contributed by atoms with Crippen LogP contribution in [0.2, 0.25) is 0 Å². The Kier molecular flexibility index (Phi) is 5.54. The largest absolute Gasteiger partial charge is 0.388 e. The summed E-state index contributed by atoms with van der Waals surface area (Å²) in [6, 6.07) is 4.13. The van der Waals surface area contributed by atoms with Crippen molar-refractivity contribution in [1.29, 1.82) is 0 Å². The average molecular weight is 323 g/mol. The molecule has 3 atom stereocenters. The molecule has 0 unspecified atom stereocenters. The number of benzene rings is 1. The number of aliphatic hydroxyl groups is 1. The van der Waals surface area contributed by atoms with Crippen LogP contribution in [0.1, 0.15) is 37.9 Å². The Bertz CT molecular complexity index is 564. The maximum atomic E-state index is 12.9. The van der Waals surface area contributed by atoms with Gasteiger partial charge in [-0.25, -0.2) is 9.18 Å². The van der Waals surface area contributed by atoms with Crippen LogP contribution in [0.25, 0.3) is 0 Å². The summed E-state index contributed by atoms with van der Waals surface area (Å²) >= 11 is 0. The second-order valence-corrected chi connectivity index (χ2v) is 5.86. The number of aliphatic hydroxyl groups excluding tert-OH is 1. The van der Waals surface area contributed by atoms with Crippen LogP contribution in [0.3, 0.4) is 0 Å². The van der Waals surface area contributed by atoms with Crippen LogP contribution < -0.4 is 11.1 Å². The van der Waals surface area contributed by atoms with Crippen molar-refractivity contribution < 1.29 is 19.1 Å². The van der Waals surface area contributed by atoms with Gasteiger partial charge in [-0.3, -0.25) is 4.79 Å². The fraction of sp³-hybridized carbons (Fsp3) is 0.500. The number of primary amides is 1. The highest BCUT2D eigenvalue weighted by molar-refractivity contribution is 5.86. The van der Waals surface area contributed by atoms with Crippen molar-refractivity contribution in [2.24, 2.45) is 5.73 Å². The summed E-state index contributed by atoms with van der Waals surface area (Å²) in [6.45, 7) is 2.17. The van der Waals surface area contributed by atoms with Gasteiger partial charge in [0.15, 0.2) is 0 Å². The van der Waals surface area contributed by atoms with E-state index < -0.39 is 18.2 Å². The molecule has 1 aromatic rings. The fourth-order valence-corrected chi connectivity index (χ4v) is 2.97. The topological polar surface area (TPSA) is 95.7 Å². The van der Waals surface area contributed by atoms with Gasteiger partial charge in [0.2, 0.25) is 5.91 Å². The van der Waals surface area contributed by atoms with Crippen molar-refractivity contribution in [2.75, 3.05) is 6.54 Å². The smallest absolute Gasteiger partial charge is 0.312 e. The summed E-state index contributed by atoms with van der Waals surface area (Å²) < 4.78 is 12.9. The van der Waals surface area contributed by atoms with E-state index in [0.29, 0.717) is 18.5 Å². The number of urea groups is 1. The molecule has 1 fully saturated rings. The lowest BCUT2D eigenvalue weighted by Gasteiger charge is -2.29. The van der Waals surface area contributed by atoms with Crippen molar-refractivity contribution >= 4 is 11.9 Å². The van der Waals surface area contributed by atoms with E-state index in [1.54, 1.807) is 24.0 Å². The van der Waals surface area contributed by atoms with Gasteiger partial charge < -0.3 is 21.1 Å². The molecule has 1 aliphatic heterocycles. The number of hydrogen-bond donors (Lipinski definition) is 3. The molecule has 0 radical (unpaired) electrons. The van der Waals surface area contributed by atoms with Crippen molar-refractivity contribution in [3.05, 3.63) is 35.6 Å². The summed E-state index contributed by atoms with van der Waals surface area (Å²) in [5.74, 6) is -0.567. The molecule has 0 spiro atoms. The zero-order valence-corrected chi connectivity index (χ0v) is 13.0. The monoisotopic (exact) mass is 323 g/mol. The number of nitrogens with zero attached hydrogens (tertiary/aromatic N) is 1. The van der Waals surface area contributed by atoms with E-state index in [-0.39, 0.29) is 17.8 Å². The Hall–Kier alpha value is -2.15. The first-order chi connectivity index (χ1) is 10.9. The molecule has 1 aliphatic rings. The van der Waals surface area contributed by atoms with E-state index >= 15 is 0 Å². The van der Waals surface area contributed by atoms with Crippen molar-refractivity contribution in [3.8, 4) is 0 Å². The van der Waals surface area contributed by atoms with Crippen molar-refractivity contribution in [1.82, 2.24) is 10.2 Å². The van der Waals surface area contributed by atoms with E-state index in [1.165, 1.54) is 12.1 Å². The molecule has 0 bridgehead atoms. The van der Waals surface area contributed by atoms with Gasteiger partial charge in [-0.1, -0.05) is 12.1 Å². The summed E-state index contributed by atoms with van der Waals surface area (Å²) in [4.78, 5) is 24.9. The first kappa shape index (κ1) is 17.2. The first-order valence-corrected chi connectivity index (χ1v) is 7.68. The number of halogens is 1. The number of nitrogens with two attached hydrogens (primary N) is 1. The molecule has 4 N–H and O–H groups in total. The number of carbonyl (C=O) groups is 2. The first-order valence-electron chi connectivity index (χ1n) is 7.68. The van der Waals surface area contributed by atoms with Crippen LogP contribution in [-0.4, -0.2) is 40.6 Å².